The van der Waals surface area contributed by atoms with Crippen LogP contribution in [0.1, 0.15) is 32.3 Å². The average molecular weight is 593 g/mol. The van der Waals surface area contributed by atoms with Crippen molar-refractivity contribution >= 4 is 35.0 Å². The second kappa shape index (κ2) is 12.0. The summed E-state index contributed by atoms with van der Waals surface area (Å²) in [6, 6.07) is 20.8. The fourth-order valence-electron chi connectivity index (χ4n) is 3.77. The van der Waals surface area contributed by atoms with Crippen LogP contribution in [0.3, 0.4) is 0 Å². The number of benzene rings is 4. The van der Waals surface area contributed by atoms with Gasteiger partial charge in [-0.2, -0.15) is 13.2 Å². The van der Waals surface area contributed by atoms with Gasteiger partial charge in [0.2, 0.25) is 5.91 Å². The van der Waals surface area contributed by atoms with Gasteiger partial charge in [-0.1, -0.05) is 54.1 Å². The molecule has 212 valence electrons. The molecule has 1 atom stereocenters. The highest BCUT2D eigenvalue weighted by molar-refractivity contribution is 8.00. The molecule has 1 unspecified atom stereocenters. The van der Waals surface area contributed by atoms with Crippen molar-refractivity contribution in [3.8, 4) is 0 Å². The average Bonchev–Trinajstić information content (AvgIpc) is 2.93. The van der Waals surface area contributed by atoms with Crippen molar-refractivity contribution < 1.29 is 40.3 Å². The SMILES string of the molecule is Cc1ccc(C(=O)Nc2cccc(SC(C(=O)Nc3c(F)c(F)c(C(F)(F)F)c(F)c3F)c3ccccc3)c2)cc1. The van der Waals surface area contributed by atoms with Gasteiger partial charge >= 0.3 is 6.18 Å². The van der Waals surface area contributed by atoms with Gasteiger partial charge in [0, 0.05) is 16.1 Å². The van der Waals surface area contributed by atoms with E-state index in [0.717, 1.165) is 17.3 Å². The predicted octanol–water partition coefficient (Wildman–Crippen LogP) is 8.29. The van der Waals surface area contributed by atoms with Gasteiger partial charge in [-0.25, -0.2) is 17.6 Å². The third kappa shape index (κ3) is 6.71. The molecule has 0 saturated carbocycles. The van der Waals surface area contributed by atoms with Crippen LogP contribution in [0.2, 0.25) is 0 Å². The van der Waals surface area contributed by atoms with Crippen LogP contribution in [-0.2, 0) is 11.0 Å². The third-order valence-electron chi connectivity index (χ3n) is 5.80. The van der Waals surface area contributed by atoms with Gasteiger partial charge < -0.3 is 10.6 Å². The molecule has 12 heteroatoms. The first kappa shape index (κ1) is 29.7. The molecular formula is C29H19F7N2O2S. The first-order chi connectivity index (χ1) is 19.4. The van der Waals surface area contributed by atoms with Gasteiger partial charge in [-0.15, -0.1) is 11.8 Å². The minimum absolute atomic E-state index is 0.303. The normalized spacial score (nSPS) is 12.1. The molecule has 2 amide bonds. The first-order valence-corrected chi connectivity index (χ1v) is 12.7. The standard InChI is InChI=1S/C29H19F7N2O2S/c1-15-10-12-17(13-11-15)27(39)37-18-8-5-9-19(14-18)41-26(16-6-3-2-4-7-16)28(40)38-25-23(32)21(30)20(29(34,35)36)22(31)24(25)33/h2-14,26H,1H3,(H,37,39)(H,38,40). The highest BCUT2D eigenvalue weighted by atomic mass is 32.2. The minimum Gasteiger partial charge on any atom is -0.322 e. The summed E-state index contributed by atoms with van der Waals surface area (Å²) in [5, 5.41) is 3.14. The second-order valence-electron chi connectivity index (χ2n) is 8.75. The Hall–Kier alpha value is -4.32. The largest absolute Gasteiger partial charge is 0.422 e. The van der Waals surface area contributed by atoms with Crippen LogP contribution in [-0.4, -0.2) is 11.8 Å². The topological polar surface area (TPSA) is 58.2 Å². The van der Waals surface area contributed by atoms with Crippen LogP contribution >= 0.6 is 11.8 Å². The van der Waals surface area contributed by atoms with E-state index in [1.807, 2.05) is 6.92 Å². The Morgan fingerprint density at radius 2 is 1.37 bits per heavy atom. The molecular weight excluding hydrogens is 573 g/mol. The number of hydrogen-bond acceptors (Lipinski definition) is 3. The van der Waals surface area contributed by atoms with Crippen LogP contribution in [0.15, 0.2) is 83.8 Å². The summed E-state index contributed by atoms with van der Waals surface area (Å²) >= 11 is 0.860. The monoisotopic (exact) mass is 592 g/mol. The Bertz CT molecular complexity index is 1560. The molecule has 0 aromatic heterocycles. The molecule has 0 bridgehead atoms. The molecule has 0 saturated heterocycles. The van der Waals surface area contributed by atoms with Gasteiger partial charge in [0.25, 0.3) is 5.91 Å². The van der Waals surface area contributed by atoms with Crippen LogP contribution < -0.4 is 10.6 Å². The number of aryl methyl sites for hydroxylation is 1. The van der Waals surface area contributed by atoms with Crippen molar-refractivity contribution in [3.63, 3.8) is 0 Å². The maximum Gasteiger partial charge on any atom is 0.422 e. The summed E-state index contributed by atoms with van der Waals surface area (Å²) in [4.78, 5) is 26.2. The molecule has 41 heavy (non-hydrogen) atoms. The molecule has 2 N–H and O–H groups in total. The van der Waals surface area contributed by atoms with Crippen molar-refractivity contribution in [2.75, 3.05) is 10.6 Å². The lowest BCUT2D eigenvalue weighted by atomic mass is 10.1. The summed E-state index contributed by atoms with van der Waals surface area (Å²) in [6.45, 7) is 1.87. The minimum atomic E-state index is -5.72. The maximum absolute atomic E-state index is 14.5. The number of nitrogens with one attached hydrogen (secondary N) is 2. The highest BCUT2D eigenvalue weighted by Gasteiger charge is 2.42. The van der Waals surface area contributed by atoms with Gasteiger partial charge in [0.05, 0.1) is 0 Å². The van der Waals surface area contributed by atoms with E-state index in [1.165, 1.54) is 18.2 Å². The molecule has 0 radical (unpaired) electrons. The molecule has 0 aliphatic carbocycles. The summed E-state index contributed by atoms with van der Waals surface area (Å²) in [5.74, 6) is -11.8. The van der Waals surface area contributed by atoms with Crippen molar-refractivity contribution in [3.05, 3.63) is 124 Å². The lowest BCUT2D eigenvalue weighted by Crippen LogP contribution is -2.23. The molecule has 0 aliphatic heterocycles. The van der Waals surface area contributed by atoms with E-state index in [4.69, 9.17) is 0 Å². The molecule has 0 spiro atoms. The predicted molar refractivity (Wildman–Crippen MR) is 141 cm³/mol. The molecule has 0 fully saturated rings. The van der Waals surface area contributed by atoms with E-state index in [9.17, 15) is 40.3 Å². The van der Waals surface area contributed by atoms with Crippen molar-refractivity contribution in [1.82, 2.24) is 0 Å². The second-order valence-corrected chi connectivity index (χ2v) is 9.93. The van der Waals surface area contributed by atoms with Crippen molar-refractivity contribution in [2.24, 2.45) is 0 Å². The number of thioether (sulfide) groups is 1. The van der Waals surface area contributed by atoms with E-state index in [2.05, 4.69) is 5.32 Å². The quantitative estimate of drug-likeness (QED) is 0.129. The number of rotatable bonds is 7. The first-order valence-electron chi connectivity index (χ1n) is 11.8. The Morgan fingerprint density at radius 3 is 1.95 bits per heavy atom. The number of hydrogen-bond donors (Lipinski definition) is 2. The zero-order valence-corrected chi connectivity index (χ0v) is 21.8. The molecule has 0 aliphatic rings. The van der Waals surface area contributed by atoms with E-state index >= 15 is 0 Å². The molecule has 4 nitrogen and oxygen atoms in total. The van der Waals surface area contributed by atoms with Crippen LogP contribution in [0, 0.1) is 30.2 Å². The van der Waals surface area contributed by atoms with Crippen LogP contribution in [0.4, 0.5) is 42.1 Å². The van der Waals surface area contributed by atoms with E-state index in [-0.39, 0.29) is 0 Å². The fourth-order valence-corrected chi connectivity index (χ4v) is 4.85. The van der Waals surface area contributed by atoms with Gasteiger partial charge in [-0.3, -0.25) is 9.59 Å². The summed E-state index contributed by atoms with van der Waals surface area (Å²) in [6.07, 6.45) is -5.72. The zero-order chi connectivity index (χ0) is 29.9. The van der Waals surface area contributed by atoms with Crippen molar-refractivity contribution in [2.45, 2.75) is 23.2 Å². The smallest absolute Gasteiger partial charge is 0.322 e. The third-order valence-corrected chi connectivity index (χ3v) is 7.04. The van der Waals surface area contributed by atoms with E-state index in [1.54, 1.807) is 66.0 Å². The number of halogens is 7. The van der Waals surface area contributed by atoms with Crippen LogP contribution in [0.25, 0.3) is 0 Å². The summed E-state index contributed by atoms with van der Waals surface area (Å²) < 4.78 is 96.0. The number of carbonyl (C=O) groups excluding carboxylic acids is 2. The Kier molecular flexibility index (Phi) is 8.72. The fraction of sp³-hybridized carbons (Fsp3) is 0.103. The number of alkyl halides is 3. The lowest BCUT2D eigenvalue weighted by Gasteiger charge is -2.19. The zero-order valence-electron chi connectivity index (χ0n) is 21.0. The van der Waals surface area contributed by atoms with Gasteiger partial charge in [-0.05, 0) is 42.8 Å². The van der Waals surface area contributed by atoms with E-state index in [0.29, 0.717) is 21.7 Å². The van der Waals surface area contributed by atoms with Gasteiger partial charge in [0.1, 0.15) is 16.5 Å². The Balaban J connectivity index is 1.63. The lowest BCUT2D eigenvalue weighted by molar-refractivity contribution is -0.143. The molecule has 4 aromatic carbocycles. The maximum atomic E-state index is 14.5. The van der Waals surface area contributed by atoms with Crippen LogP contribution in [0.5, 0.6) is 0 Å². The van der Waals surface area contributed by atoms with Crippen molar-refractivity contribution in [1.29, 1.82) is 0 Å². The highest BCUT2D eigenvalue weighted by Crippen LogP contribution is 2.41. The van der Waals surface area contributed by atoms with Gasteiger partial charge in [0.15, 0.2) is 23.3 Å². The Morgan fingerprint density at radius 1 is 0.756 bits per heavy atom. The summed E-state index contributed by atoms with van der Waals surface area (Å²) in [5.41, 5.74) is -2.42. The Labute approximate surface area is 233 Å². The number of carbonyl (C=O) groups is 2. The molecule has 0 heterocycles. The summed E-state index contributed by atoms with van der Waals surface area (Å²) in [7, 11) is 0. The molecule has 4 aromatic rings. The molecule has 4 rings (SSSR count). The number of amides is 2. The number of anilines is 2. The van der Waals surface area contributed by atoms with E-state index < -0.39 is 57.8 Å².